The highest BCUT2D eigenvalue weighted by Gasteiger charge is 2.34. The lowest BCUT2D eigenvalue weighted by atomic mass is 9.91. The Morgan fingerprint density at radius 1 is 1.44 bits per heavy atom. The first-order valence-electron chi connectivity index (χ1n) is 6.50. The fourth-order valence-electron chi connectivity index (χ4n) is 2.80. The normalized spacial score (nSPS) is 23.0. The van der Waals surface area contributed by atoms with Crippen molar-refractivity contribution in [3.05, 3.63) is 35.9 Å². The molecule has 96 valence electrons. The standard InChI is InChI=1S/C13H19N5/c1-3-11-14-6-7-18(11)8-13(2)12-10(4-5-17-13)15-9-16-12/h6-7,9,17H,3-5,8H2,1-2H3,(H,15,16). The first kappa shape index (κ1) is 11.5. The lowest BCUT2D eigenvalue weighted by Gasteiger charge is -2.34. The van der Waals surface area contributed by atoms with Crippen molar-refractivity contribution in [2.45, 2.75) is 38.8 Å². The lowest BCUT2D eigenvalue weighted by molar-refractivity contribution is 0.288. The molecule has 0 aromatic carbocycles. The van der Waals surface area contributed by atoms with Crippen LogP contribution in [0.1, 0.15) is 31.1 Å². The number of aryl methyl sites for hydroxylation is 1. The van der Waals surface area contributed by atoms with Gasteiger partial charge in [-0.2, -0.15) is 0 Å². The van der Waals surface area contributed by atoms with Gasteiger partial charge in [-0.3, -0.25) is 0 Å². The third kappa shape index (κ3) is 1.75. The van der Waals surface area contributed by atoms with E-state index < -0.39 is 0 Å². The monoisotopic (exact) mass is 245 g/mol. The summed E-state index contributed by atoms with van der Waals surface area (Å²) in [4.78, 5) is 12.1. The zero-order valence-electron chi connectivity index (χ0n) is 10.9. The van der Waals surface area contributed by atoms with Gasteiger partial charge in [0.25, 0.3) is 0 Å². The minimum atomic E-state index is -0.113. The van der Waals surface area contributed by atoms with Gasteiger partial charge < -0.3 is 14.9 Å². The molecule has 0 amide bonds. The SMILES string of the molecule is CCc1nccn1CC1(C)NCCc2[nH]cnc21. The molecule has 5 nitrogen and oxygen atoms in total. The van der Waals surface area contributed by atoms with E-state index in [1.54, 1.807) is 6.33 Å². The van der Waals surface area contributed by atoms with E-state index in [0.29, 0.717) is 0 Å². The maximum absolute atomic E-state index is 4.49. The Hall–Kier alpha value is -1.62. The van der Waals surface area contributed by atoms with Crippen molar-refractivity contribution in [1.29, 1.82) is 0 Å². The smallest absolute Gasteiger partial charge is 0.108 e. The molecule has 2 N–H and O–H groups in total. The van der Waals surface area contributed by atoms with Crippen molar-refractivity contribution >= 4 is 0 Å². The molecule has 3 rings (SSSR count). The van der Waals surface area contributed by atoms with Crippen molar-refractivity contribution < 1.29 is 0 Å². The number of hydrogen-bond acceptors (Lipinski definition) is 3. The number of hydrogen-bond donors (Lipinski definition) is 2. The Balaban J connectivity index is 1.93. The number of rotatable bonds is 3. The zero-order chi connectivity index (χ0) is 12.6. The van der Waals surface area contributed by atoms with Crippen LogP contribution in [-0.2, 0) is 24.9 Å². The van der Waals surface area contributed by atoms with Crippen LogP contribution in [0.3, 0.4) is 0 Å². The summed E-state index contributed by atoms with van der Waals surface area (Å²) in [7, 11) is 0. The van der Waals surface area contributed by atoms with E-state index in [1.807, 2.05) is 12.4 Å². The first-order valence-corrected chi connectivity index (χ1v) is 6.50. The summed E-state index contributed by atoms with van der Waals surface area (Å²) >= 11 is 0. The van der Waals surface area contributed by atoms with Gasteiger partial charge in [-0.05, 0) is 6.92 Å². The van der Waals surface area contributed by atoms with Crippen molar-refractivity contribution in [3.63, 3.8) is 0 Å². The topological polar surface area (TPSA) is 58.5 Å². The Morgan fingerprint density at radius 3 is 3.17 bits per heavy atom. The average molecular weight is 245 g/mol. The van der Waals surface area contributed by atoms with E-state index in [2.05, 4.69) is 38.7 Å². The number of nitrogens with one attached hydrogen (secondary N) is 2. The van der Waals surface area contributed by atoms with Gasteiger partial charge in [0.2, 0.25) is 0 Å². The number of aromatic amines is 1. The third-order valence-corrected chi connectivity index (χ3v) is 3.74. The van der Waals surface area contributed by atoms with Crippen LogP contribution in [0.4, 0.5) is 0 Å². The predicted molar refractivity (Wildman–Crippen MR) is 69.3 cm³/mol. The molecule has 0 saturated heterocycles. The van der Waals surface area contributed by atoms with Crippen LogP contribution in [0.15, 0.2) is 18.7 Å². The van der Waals surface area contributed by atoms with E-state index in [9.17, 15) is 0 Å². The van der Waals surface area contributed by atoms with E-state index in [1.165, 1.54) is 5.69 Å². The van der Waals surface area contributed by atoms with Crippen LogP contribution in [0.5, 0.6) is 0 Å². The fraction of sp³-hybridized carbons (Fsp3) is 0.538. The molecular formula is C13H19N5. The molecule has 2 aromatic rings. The van der Waals surface area contributed by atoms with Crippen LogP contribution in [0, 0.1) is 0 Å². The molecule has 18 heavy (non-hydrogen) atoms. The molecule has 3 heterocycles. The predicted octanol–water partition coefficient (Wildman–Crippen LogP) is 1.23. The molecule has 0 bridgehead atoms. The molecule has 0 spiro atoms. The van der Waals surface area contributed by atoms with Crippen molar-refractivity contribution in [1.82, 2.24) is 24.8 Å². The molecular weight excluding hydrogens is 226 g/mol. The molecule has 1 aliphatic rings. The van der Waals surface area contributed by atoms with Crippen molar-refractivity contribution in [2.75, 3.05) is 6.54 Å². The highest BCUT2D eigenvalue weighted by molar-refractivity contribution is 5.24. The van der Waals surface area contributed by atoms with Crippen LogP contribution in [0.2, 0.25) is 0 Å². The van der Waals surface area contributed by atoms with Gasteiger partial charge in [-0.1, -0.05) is 6.92 Å². The third-order valence-electron chi connectivity index (χ3n) is 3.74. The minimum absolute atomic E-state index is 0.113. The van der Waals surface area contributed by atoms with Crippen LogP contribution >= 0.6 is 0 Å². The summed E-state index contributed by atoms with van der Waals surface area (Å²) < 4.78 is 2.22. The van der Waals surface area contributed by atoms with Crippen LogP contribution in [0.25, 0.3) is 0 Å². The van der Waals surface area contributed by atoms with E-state index in [-0.39, 0.29) is 5.54 Å². The Kier molecular flexibility index (Phi) is 2.70. The molecule has 5 heteroatoms. The minimum Gasteiger partial charge on any atom is -0.348 e. The van der Waals surface area contributed by atoms with Gasteiger partial charge in [0, 0.05) is 44.0 Å². The van der Waals surface area contributed by atoms with Crippen LogP contribution < -0.4 is 5.32 Å². The lowest BCUT2D eigenvalue weighted by Crippen LogP contribution is -2.48. The van der Waals surface area contributed by atoms with Gasteiger partial charge in [-0.25, -0.2) is 9.97 Å². The number of nitrogens with zero attached hydrogens (tertiary/aromatic N) is 3. The van der Waals surface area contributed by atoms with Gasteiger partial charge in [0.15, 0.2) is 0 Å². The summed E-state index contributed by atoms with van der Waals surface area (Å²) in [5.41, 5.74) is 2.29. The average Bonchev–Trinajstić information content (AvgIpc) is 2.98. The second-order valence-electron chi connectivity index (χ2n) is 5.06. The highest BCUT2D eigenvalue weighted by atomic mass is 15.1. The maximum Gasteiger partial charge on any atom is 0.108 e. The molecule has 0 radical (unpaired) electrons. The number of H-pyrrole nitrogens is 1. The molecule has 0 fully saturated rings. The Bertz CT molecular complexity index is 541. The Morgan fingerprint density at radius 2 is 2.33 bits per heavy atom. The summed E-state index contributed by atoms with van der Waals surface area (Å²) in [5, 5.41) is 3.60. The number of imidazole rings is 2. The number of fused-ring (bicyclic) bond motifs is 1. The molecule has 0 saturated carbocycles. The second-order valence-corrected chi connectivity index (χ2v) is 5.06. The van der Waals surface area contributed by atoms with Gasteiger partial charge >= 0.3 is 0 Å². The highest BCUT2D eigenvalue weighted by Crippen LogP contribution is 2.27. The second kappa shape index (κ2) is 4.24. The van der Waals surface area contributed by atoms with Crippen molar-refractivity contribution in [2.24, 2.45) is 0 Å². The summed E-state index contributed by atoms with van der Waals surface area (Å²) in [6.45, 7) is 6.20. The zero-order valence-corrected chi connectivity index (χ0v) is 10.9. The van der Waals surface area contributed by atoms with Gasteiger partial charge in [0.1, 0.15) is 5.82 Å². The molecule has 1 unspecified atom stereocenters. The van der Waals surface area contributed by atoms with E-state index >= 15 is 0 Å². The van der Waals surface area contributed by atoms with E-state index in [0.717, 1.165) is 37.4 Å². The van der Waals surface area contributed by atoms with E-state index in [4.69, 9.17) is 0 Å². The largest absolute Gasteiger partial charge is 0.348 e. The summed E-state index contributed by atoms with van der Waals surface area (Å²) in [6, 6.07) is 0. The molecule has 1 aliphatic heterocycles. The molecule has 2 aromatic heterocycles. The quantitative estimate of drug-likeness (QED) is 0.855. The van der Waals surface area contributed by atoms with Gasteiger partial charge in [0.05, 0.1) is 17.6 Å². The molecule has 0 aliphatic carbocycles. The summed E-state index contributed by atoms with van der Waals surface area (Å²) in [6.07, 6.45) is 7.69. The maximum atomic E-state index is 4.49. The first-order chi connectivity index (χ1) is 8.73. The molecule has 1 atom stereocenters. The number of aromatic nitrogens is 4. The van der Waals surface area contributed by atoms with Crippen LogP contribution in [-0.4, -0.2) is 26.1 Å². The Labute approximate surface area is 107 Å². The fourth-order valence-corrected chi connectivity index (χ4v) is 2.80. The summed E-state index contributed by atoms with van der Waals surface area (Å²) in [5.74, 6) is 1.13. The van der Waals surface area contributed by atoms with Gasteiger partial charge in [-0.15, -0.1) is 0 Å². The van der Waals surface area contributed by atoms with Crippen molar-refractivity contribution in [3.8, 4) is 0 Å².